The molecule has 0 aliphatic carbocycles. The van der Waals surface area contributed by atoms with E-state index >= 15 is 0 Å². The van der Waals surface area contributed by atoms with Crippen LogP contribution in [0.1, 0.15) is 37.8 Å². The van der Waals surface area contributed by atoms with Crippen molar-refractivity contribution in [2.45, 2.75) is 32.2 Å². The molecule has 34 heavy (non-hydrogen) atoms. The van der Waals surface area contributed by atoms with Crippen LogP contribution < -0.4 is 10.6 Å². The summed E-state index contributed by atoms with van der Waals surface area (Å²) in [7, 11) is 0. The maximum Gasteiger partial charge on any atom is 0.322 e. The van der Waals surface area contributed by atoms with E-state index in [-0.39, 0.29) is 36.8 Å². The maximum absolute atomic E-state index is 13.3. The number of nitrogens with zero attached hydrogens (tertiary/aromatic N) is 3. The molecule has 0 unspecified atom stereocenters. The number of likely N-dealkylation sites (N-methyl/N-ethyl adjacent to an activating group) is 1. The van der Waals surface area contributed by atoms with E-state index in [1.54, 1.807) is 23.1 Å². The summed E-state index contributed by atoms with van der Waals surface area (Å²) in [6.45, 7) is 4.04. The first kappa shape index (κ1) is 24.3. The minimum atomic E-state index is -0.728. The average Bonchev–Trinajstić information content (AvgIpc) is 3.34. The number of halogens is 2. The number of amides is 5. The first-order valence-electron chi connectivity index (χ1n) is 11.4. The molecule has 11 heteroatoms. The number of hydrogen-bond donors (Lipinski definition) is 2. The number of carbonyl (C=O) groups excluding carboxylic acids is 4. The summed E-state index contributed by atoms with van der Waals surface area (Å²) in [6, 6.07) is 3.86. The van der Waals surface area contributed by atoms with E-state index in [1.807, 2.05) is 6.92 Å². The van der Waals surface area contributed by atoms with E-state index in [1.165, 1.54) is 9.80 Å². The number of benzene rings is 1. The van der Waals surface area contributed by atoms with Gasteiger partial charge in [0, 0.05) is 42.6 Å². The van der Waals surface area contributed by atoms with Gasteiger partial charge in [0.05, 0.1) is 23.9 Å². The molecular formula is C23H27Cl2N5O4. The Morgan fingerprint density at radius 1 is 1.21 bits per heavy atom. The van der Waals surface area contributed by atoms with Crippen molar-refractivity contribution >= 4 is 47.0 Å². The van der Waals surface area contributed by atoms with Crippen LogP contribution in [0, 0.1) is 0 Å². The van der Waals surface area contributed by atoms with E-state index in [9.17, 15) is 19.2 Å². The molecule has 2 N–H and O–H groups in total. The Kier molecular flexibility index (Phi) is 7.33. The minimum absolute atomic E-state index is 0.124. The van der Waals surface area contributed by atoms with Gasteiger partial charge in [-0.05, 0) is 37.5 Å². The standard InChI is InChI=1S/C23H27Cl2N5O4/c1-2-30-17-12-29(13-18(31)26-8-4-10-28-9-3-5-19(28)32)22(33)20(17)21(27-23(30)34)15-7-6-14(24)11-16(15)25/h6-7,11,21H,2-5,8-10,12-13H2,1H3,(H,26,31)(H,27,34)/t21-/m0/s1. The zero-order valence-electron chi connectivity index (χ0n) is 18.9. The van der Waals surface area contributed by atoms with E-state index in [4.69, 9.17) is 23.2 Å². The number of hydrogen-bond acceptors (Lipinski definition) is 4. The molecule has 4 rings (SSSR count). The van der Waals surface area contributed by atoms with Crippen molar-refractivity contribution in [3.63, 3.8) is 0 Å². The van der Waals surface area contributed by atoms with Gasteiger partial charge in [-0.25, -0.2) is 4.79 Å². The fourth-order valence-electron chi connectivity index (χ4n) is 4.65. The Bertz CT molecular complexity index is 1060. The zero-order valence-corrected chi connectivity index (χ0v) is 20.4. The molecule has 5 amide bonds. The summed E-state index contributed by atoms with van der Waals surface area (Å²) in [4.78, 5) is 55.0. The summed E-state index contributed by atoms with van der Waals surface area (Å²) >= 11 is 12.4. The highest BCUT2D eigenvalue weighted by Crippen LogP contribution is 2.39. The topological polar surface area (TPSA) is 102 Å². The molecule has 1 atom stereocenters. The predicted octanol–water partition coefficient (Wildman–Crippen LogP) is 2.30. The molecule has 0 saturated carbocycles. The molecule has 0 spiro atoms. The molecule has 1 aromatic carbocycles. The molecule has 1 aromatic rings. The highest BCUT2D eigenvalue weighted by Gasteiger charge is 2.44. The lowest BCUT2D eigenvalue weighted by Crippen LogP contribution is -2.47. The van der Waals surface area contributed by atoms with Crippen LogP contribution in [0.15, 0.2) is 29.5 Å². The van der Waals surface area contributed by atoms with Gasteiger partial charge in [0.15, 0.2) is 0 Å². The Morgan fingerprint density at radius 3 is 2.68 bits per heavy atom. The van der Waals surface area contributed by atoms with Crippen LogP contribution in [-0.2, 0) is 14.4 Å². The molecule has 1 fully saturated rings. The molecular weight excluding hydrogens is 481 g/mol. The monoisotopic (exact) mass is 507 g/mol. The van der Waals surface area contributed by atoms with E-state index < -0.39 is 6.04 Å². The van der Waals surface area contributed by atoms with Crippen molar-refractivity contribution in [1.29, 1.82) is 0 Å². The third kappa shape index (κ3) is 4.86. The van der Waals surface area contributed by atoms with E-state index in [0.29, 0.717) is 59.4 Å². The molecule has 3 aliphatic heterocycles. The van der Waals surface area contributed by atoms with Crippen molar-refractivity contribution in [3.8, 4) is 0 Å². The van der Waals surface area contributed by atoms with Crippen LogP contribution in [0.4, 0.5) is 4.79 Å². The molecule has 9 nitrogen and oxygen atoms in total. The third-order valence-corrected chi connectivity index (χ3v) is 6.88. The Morgan fingerprint density at radius 2 is 2.00 bits per heavy atom. The summed E-state index contributed by atoms with van der Waals surface area (Å²) in [5.41, 5.74) is 1.55. The fraction of sp³-hybridized carbons (Fsp3) is 0.478. The highest BCUT2D eigenvalue weighted by atomic mass is 35.5. The van der Waals surface area contributed by atoms with Crippen LogP contribution in [0.5, 0.6) is 0 Å². The highest BCUT2D eigenvalue weighted by molar-refractivity contribution is 6.35. The number of likely N-dealkylation sites (tertiary alicyclic amines) is 1. The molecule has 0 bridgehead atoms. The Labute approximate surface area is 208 Å². The summed E-state index contributed by atoms with van der Waals surface area (Å²) in [5.74, 6) is -0.448. The minimum Gasteiger partial charge on any atom is -0.354 e. The quantitative estimate of drug-likeness (QED) is 0.527. The first-order valence-corrected chi connectivity index (χ1v) is 12.2. The largest absolute Gasteiger partial charge is 0.354 e. The molecule has 0 radical (unpaired) electrons. The number of nitrogens with one attached hydrogen (secondary N) is 2. The van der Waals surface area contributed by atoms with Gasteiger partial charge in [-0.3, -0.25) is 19.3 Å². The van der Waals surface area contributed by atoms with Gasteiger partial charge in [-0.15, -0.1) is 0 Å². The second kappa shape index (κ2) is 10.2. The van der Waals surface area contributed by atoms with Gasteiger partial charge in [-0.1, -0.05) is 29.3 Å². The van der Waals surface area contributed by atoms with Crippen molar-refractivity contribution < 1.29 is 19.2 Å². The SMILES string of the molecule is CCN1C(=O)N[C@@H](c2ccc(Cl)cc2Cl)C2=C1CN(CC(=O)NCCCN1CCCC1=O)C2=O. The fourth-order valence-corrected chi connectivity index (χ4v) is 5.16. The second-order valence-corrected chi connectivity index (χ2v) is 9.35. The smallest absolute Gasteiger partial charge is 0.322 e. The third-order valence-electron chi connectivity index (χ3n) is 6.32. The molecule has 1 saturated heterocycles. The molecule has 0 aromatic heterocycles. The van der Waals surface area contributed by atoms with Gasteiger partial charge < -0.3 is 20.4 Å². The van der Waals surface area contributed by atoms with Crippen molar-refractivity contribution in [2.75, 3.05) is 39.3 Å². The van der Waals surface area contributed by atoms with Gasteiger partial charge in [-0.2, -0.15) is 0 Å². The summed E-state index contributed by atoms with van der Waals surface area (Å²) in [5, 5.41) is 6.48. The molecule has 182 valence electrons. The van der Waals surface area contributed by atoms with Crippen molar-refractivity contribution in [1.82, 2.24) is 25.3 Å². The predicted molar refractivity (Wildman–Crippen MR) is 127 cm³/mol. The normalized spacial score (nSPS) is 20.3. The summed E-state index contributed by atoms with van der Waals surface area (Å²) in [6.07, 6.45) is 2.13. The number of carbonyl (C=O) groups is 4. The number of urea groups is 1. The average molecular weight is 508 g/mol. The maximum atomic E-state index is 13.3. The number of rotatable bonds is 8. The van der Waals surface area contributed by atoms with Gasteiger partial charge in [0.2, 0.25) is 11.8 Å². The summed E-state index contributed by atoms with van der Waals surface area (Å²) < 4.78 is 0. The van der Waals surface area contributed by atoms with E-state index in [2.05, 4.69) is 10.6 Å². The Hall–Kier alpha value is -2.78. The first-order chi connectivity index (χ1) is 16.3. The van der Waals surface area contributed by atoms with Crippen LogP contribution in [0.2, 0.25) is 10.0 Å². The van der Waals surface area contributed by atoms with Gasteiger partial charge in [0.25, 0.3) is 5.91 Å². The molecule has 3 heterocycles. The lowest BCUT2D eigenvalue weighted by atomic mass is 9.95. The van der Waals surface area contributed by atoms with Crippen molar-refractivity contribution in [3.05, 3.63) is 45.1 Å². The molecule has 3 aliphatic rings. The van der Waals surface area contributed by atoms with E-state index in [0.717, 1.165) is 13.0 Å². The van der Waals surface area contributed by atoms with Crippen molar-refractivity contribution in [2.24, 2.45) is 0 Å². The lowest BCUT2D eigenvalue weighted by molar-refractivity contribution is -0.132. The van der Waals surface area contributed by atoms with Gasteiger partial charge in [0.1, 0.15) is 6.54 Å². The Balaban J connectivity index is 1.42. The second-order valence-electron chi connectivity index (χ2n) is 8.50. The van der Waals surface area contributed by atoms with Crippen LogP contribution >= 0.6 is 23.2 Å². The van der Waals surface area contributed by atoms with Gasteiger partial charge >= 0.3 is 6.03 Å². The van der Waals surface area contributed by atoms with Crippen LogP contribution in [0.25, 0.3) is 0 Å². The zero-order chi connectivity index (χ0) is 24.4. The van der Waals surface area contributed by atoms with Crippen LogP contribution in [0.3, 0.4) is 0 Å². The van der Waals surface area contributed by atoms with Crippen LogP contribution in [-0.4, -0.2) is 77.7 Å². The lowest BCUT2D eigenvalue weighted by Gasteiger charge is -2.33.